The van der Waals surface area contributed by atoms with Crippen molar-refractivity contribution in [3.8, 4) is 6.07 Å². The first-order valence-electron chi connectivity index (χ1n) is 8.86. The minimum Gasteiger partial charge on any atom is -0.368 e. The quantitative estimate of drug-likeness (QED) is 0.906. The molecule has 0 bridgehead atoms. The van der Waals surface area contributed by atoms with Crippen LogP contribution >= 0.6 is 0 Å². The van der Waals surface area contributed by atoms with E-state index in [0.717, 1.165) is 56.8 Å². The molecule has 0 spiro atoms. The molecule has 2 aliphatic heterocycles. The molecule has 0 unspecified atom stereocenters. The van der Waals surface area contributed by atoms with Crippen molar-refractivity contribution in [2.24, 2.45) is 5.73 Å². The molecule has 7 heteroatoms. The smallest absolute Gasteiger partial charge is 0.234 e. The van der Waals surface area contributed by atoms with Crippen LogP contribution in [0.25, 0.3) is 5.65 Å². The summed E-state index contributed by atoms with van der Waals surface area (Å²) in [6.07, 6.45) is 5.71. The lowest BCUT2D eigenvalue weighted by Crippen LogP contribution is -2.50. The standard InChI is InChI=1S/C18H22N6O/c19-12-15-18(21-16-5-1-2-8-24(15)16)22-10-6-13(7-11-22)23-9-3-4-14(23)17(20)25/h1-2,5,8,13-14H,3-4,6-7,9-11H2,(H2,20,25)/t14-/m0/s1. The second-order valence-electron chi connectivity index (χ2n) is 6.84. The molecule has 2 aromatic heterocycles. The summed E-state index contributed by atoms with van der Waals surface area (Å²) in [7, 11) is 0. The molecule has 2 fully saturated rings. The number of nitriles is 1. The van der Waals surface area contributed by atoms with Crippen molar-refractivity contribution >= 4 is 17.4 Å². The fraction of sp³-hybridized carbons (Fsp3) is 0.500. The van der Waals surface area contributed by atoms with E-state index >= 15 is 0 Å². The number of amides is 1. The van der Waals surface area contributed by atoms with Gasteiger partial charge in [0.25, 0.3) is 0 Å². The number of piperidine rings is 1. The molecule has 25 heavy (non-hydrogen) atoms. The summed E-state index contributed by atoms with van der Waals surface area (Å²) in [5, 5.41) is 9.56. The number of aromatic nitrogens is 2. The molecule has 2 aromatic rings. The average Bonchev–Trinajstić information content (AvgIpc) is 3.26. The summed E-state index contributed by atoms with van der Waals surface area (Å²) in [6.45, 7) is 2.63. The lowest BCUT2D eigenvalue weighted by atomic mass is 10.0. The zero-order valence-corrected chi connectivity index (χ0v) is 14.1. The highest BCUT2D eigenvalue weighted by molar-refractivity contribution is 5.80. The van der Waals surface area contributed by atoms with Crippen molar-refractivity contribution in [1.29, 1.82) is 5.26 Å². The number of carbonyl (C=O) groups excluding carboxylic acids is 1. The van der Waals surface area contributed by atoms with Gasteiger partial charge in [0.15, 0.2) is 11.5 Å². The highest BCUT2D eigenvalue weighted by atomic mass is 16.1. The Hall–Kier alpha value is -2.59. The molecule has 1 amide bonds. The number of nitrogens with zero attached hydrogens (tertiary/aromatic N) is 5. The van der Waals surface area contributed by atoms with E-state index in [9.17, 15) is 10.1 Å². The first-order chi connectivity index (χ1) is 12.2. The Morgan fingerprint density at radius 3 is 2.76 bits per heavy atom. The summed E-state index contributed by atoms with van der Waals surface area (Å²) in [5.74, 6) is 0.562. The minimum atomic E-state index is -0.202. The third-order valence-electron chi connectivity index (χ3n) is 5.47. The van der Waals surface area contributed by atoms with Gasteiger partial charge in [-0.15, -0.1) is 0 Å². The fourth-order valence-corrected chi connectivity index (χ4v) is 4.25. The number of primary amides is 1. The molecule has 2 N–H and O–H groups in total. The van der Waals surface area contributed by atoms with Gasteiger partial charge < -0.3 is 10.6 Å². The number of rotatable bonds is 3. The van der Waals surface area contributed by atoms with E-state index in [1.54, 1.807) is 0 Å². The minimum absolute atomic E-state index is 0.110. The molecule has 7 nitrogen and oxygen atoms in total. The number of hydrogen-bond acceptors (Lipinski definition) is 5. The number of fused-ring (bicyclic) bond motifs is 1. The molecule has 0 radical (unpaired) electrons. The lowest BCUT2D eigenvalue weighted by molar-refractivity contribution is -0.123. The van der Waals surface area contributed by atoms with Crippen LogP contribution in [-0.2, 0) is 4.79 Å². The van der Waals surface area contributed by atoms with Crippen LogP contribution in [0.1, 0.15) is 31.4 Å². The van der Waals surface area contributed by atoms with Crippen molar-refractivity contribution in [3.05, 3.63) is 30.1 Å². The van der Waals surface area contributed by atoms with Crippen molar-refractivity contribution in [2.45, 2.75) is 37.8 Å². The van der Waals surface area contributed by atoms with E-state index in [1.165, 1.54) is 0 Å². The average molecular weight is 338 g/mol. The molecular formula is C18H22N6O. The number of anilines is 1. The topological polar surface area (TPSA) is 90.7 Å². The third-order valence-corrected chi connectivity index (χ3v) is 5.47. The highest BCUT2D eigenvalue weighted by Crippen LogP contribution is 2.29. The van der Waals surface area contributed by atoms with Gasteiger partial charge in [-0.1, -0.05) is 6.07 Å². The number of pyridine rings is 1. The molecule has 130 valence electrons. The fourth-order valence-electron chi connectivity index (χ4n) is 4.25. The molecular weight excluding hydrogens is 316 g/mol. The third kappa shape index (κ3) is 2.72. The molecule has 0 saturated carbocycles. The SMILES string of the molecule is N#Cc1c(N2CCC(N3CCC[C@H]3C(N)=O)CC2)nc2ccccn12. The van der Waals surface area contributed by atoms with Crippen molar-refractivity contribution < 1.29 is 4.79 Å². The van der Waals surface area contributed by atoms with Crippen LogP contribution in [0.5, 0.6) is 0 Å². The second kappa shape index (κ2) is 6.37. The Kier molecular flexibility index (Phi) is 4.06. The molecule has 2 saturated heterocycles. The maximum absolute atomic E-state index is 11.6. The summed E-state index contributed by atoms with van der Waals surface area (Å²) in [5.41, 5.74) is 6.94. The first kappa shape index (κ1) is 15.9. The number of likely N-dealkylation sites (tertiary alicyclic amines) is 1. The van der Waals surface area contributed by atoms with Gasteiger partial charge in [-0.3, -0.25) is 14.1 Å². The van der Waals surface area contributed by atoms with Crippen LogP contribution in [0.15, 0.2) is 24.4 Å². The predicted molar refractivity (Wildman–Crippen MR) is 94.1 cm³/mol. The van der Waals surface area contributed by atoms with E-state index in [-0.39, 0.29) is 11.9 Å². The van der Waals surface area contributed by atoms with Gasteiger partial charge in [0.05, 0.1) is 6.04 Å². The van der Waals surface area contributed by atoms with Gasteiger partial charge in [0.1, 0.15) is 11.7 Å². The molecule has 0 aliphatic carbocycles. The van der Waals surface area contributed by atoms with Crippen molar-refractivity contribution in [3.63, 3.8) is 0 Å². The maximum atomic E-state index is 11.6. The number of imidazole rings is 1. The number of nitrogens with two attached hydrogens (primary N) is 1. The maximum Gasteiger partial charge on any atom is 0.234 e. The van der Waals surface area contributed by atoms with Crippen LogP contribution in [-0.4, -0.2) is 51.9 Å². The zero-order chi connectivity index (χ0) is 17.4. The van der Waals surface area contributed by atoms with Crippen LogP contribution in [0.4, 0.5) is 5.82 Å². The monoisotopic (exact) mass is 338 g/mol. The Bertz CT molecular complexity index is 830. The summed E-state index contributed by atoms with van der Waals surface area (Å²) < 4.78 is 1.84. The van der Waals surface area contributed by atoms with E-state index in [2.05, 4.69) is 20.9 Å². The summed E-state index contributed by atoms with van der Waals surface area (Å²) in [4.78, 5) is 20.8. The van der Waals surface area contributed by atoms with Gasteiger partial charge in [-0.25, -0.2) is 4.98 Å². The van der Waals surface area contributed by atoms with Crippen LogP contribution < -0.4 is 10.6 Å². The van der Waals surface area contributed by atoms with E-state index in [0.29, 0.717) is 11.7 Å². The number of carbonyl (C=O) groups is 1. The molecule has 2 aliphatic rings. The van der Waals surface area contributed by atoms with Crippen LogP contribution in [0, 0.1) is 11.3 Å². The van der Waals surface area contributed by atoms with E-state index in [4.69, 9.17) is 5.73 Å². The Balaban J connectivity index is 1.51. The summed E-state index contributed by atoms with van der Waals surface area (Å²) >= 11 is 0. The van der Waals surface area contributed by atoms with Gasteiger partial charge in [-0.05, 0) is 44.4 Å². The van der Waals surface area contributed by atoms with Crippen molar-refractivity contribution in [1.82, 2.24) is 14.3 Å². The lowest BCUT2D eigenvalue weighted by Gasteiger charge is -2.38. The predicted octanol–water partition coefficient (Wildman–Crippen LogP) is 1.12. The van der Waals surface area contributed by atoms with E-state index < -0.39 is 0 Å². The summed E-state index contributed by atoms with van der Waals surface area (Å²) in [6, 6.07) is 8.32. The normalized spacial score (nSPS) is 22.4. The Morgan fingerprint density at radius 1 is 1.24 bits per heavy atom. The first-order valence-corrected chi connectivity index (χ1v) is 8.86. The van der Waals surface area contributed by atoms with E-state index in [1.807, 2.05) is 28.8 Å². The molecule has 4 rings (SSSR count). The van der Waals surface area contributed by atoms with Crippen molar-refractivity contribution in [2.75, 3.05) is 24.5 Å². The Labute approximate surface area is 146 Å². The molecule has 0 aromatic carbocycles. The molecule has 4 heterocycles. The zero-order valence-electron chi connectivity index (χ0n) is 14.1. The molecule has 1 atom stereocenters. The Morgan fingerprint density at radius 2 is 2.04 bits per heavy atom. The van der Waals surface area contributed by atoms with Gasteiger partial charge in [0.2, 0.25) is 5.91 Å². The van der Waals surface area contributed by atoms with Crippen LogP contribution in [0.3, 0.4) is 0 Å². The van der Waals surface area contributed by atoms with Gasteiger partial charge in [0, 0.05) is 25.3 Å². The largest absolute Gasteiger partial charge is 0.368 e. The number of hydrogen-bond donors (Lipinski definition) is 1. The second-order valence-corrected chi connectivity index (χ2v) is 6.84. The van der Waals surface area contributed by atoms with Gasteiger partial charge in [-0.2, -0.15) is 5.26 Å². The van der Waals surface area contributed by atoms with Crippen LogP contribution in [0.2, 0.25) is 0 Å². The van der Waals surface area contributed by atoms with Gasteiger partial charge >= 0.3 is 0 Å². The highest BCUT2D eigenvalue weighted by Gasteiger charge is 2.36.